The van der Waals surface area contributed by atoms with E-state index in [0.717, 1.165) is 29.9 Å². The lowest BCUT2D eigenvalue weighted by atomic mass is 9.95. The molecule has 2 aromatic rings. The number of benzene rings is 1. The molecule has 3 rings (SSSR count). The molecule has 0 unspecified atom stereocenters. The minimum absolute atomic E-state index is 0.0487. The fraction of sp³-hybridized carbons (Fsp3) is 0.429. The van der Waals surface area contributed by atoms with E-state index in [4.69, 9.17) is 4.42 Å². The molecule has 0 atom stereocenters. The summed E-state index contributed by atoms with van der Waals surface area (Å²) >= 11 is 0. The quantitative estimate of drug-likeness (QED) is 0.828. The second-order valence-corrected chi connectivity index (χ2v) is 7.02. The molecule has 0 saturated carbocycles. The van der Waals surface area contributed by atoms with E-state index in [1.54, 1.807) is 19.0 Å². The lowest BCUT2D eigenvalue weighted by molar-refractivity contribution is -0.139. The van der Waals surface area contributed by atoms with Crippen LogP contribution >= 0.6 is 0 Å². The van der Waals surface area contributed by atoms with Crippen molar-refractivity contribution in [3.05, 3.63) is 48.2 Å². The van der Waals surface area contributed by atoms with Gasteiger partial charge in [0.15, 0.2) is 0 Å². The molecule has 0 bridgehead atoms. The number of nitrogens with zero attached hydrogens (tertiary/aromatic N) is 2. The van der Waals surface area contributed by atoms with E-state index >= 15 is 0 Å². The number of rotatable bonds is 5. The molecule has 1 aliphatic rings. The third-order valence-corrected chi connectivity index (χ3v) is 4.94. The molecule has 5 heteroatoms. The van der Waals surface area contributed by atoms with Crippen LogP contribution in [0.15, 0.2) is 46.9 Å². The van der Waals surface area contributed by atoms with Gasteiger partial charge in [0.1, 0.15) is 11.5 Å². The van der Waals surface area contributed by atoms with Gasteiger partial charge in [0.25, 0.3) is 0 Å². The number of likely N-dealkylation sites (tertiary alicyclic amines) is 1. The average Bonchev–Trinajstić information content (AvgIpc) is 3.15. The third-order valence-electron chi connectivity index (χ3n) is 4.94. The van der Waals surface area contributed by atoms with Gasteiger partial charge in [0.2, 0.25) is 11.8 Å². The molecule has 1 fully saturated rings. The Morgan fingerprint density at radius 2 is 1.77 bits per heavy atom. The van der Waals surface area contributed by atoms with Crippen LogP contribution < -0.4 is 0 Å². The van der Waals surface area contributed by atoms with Crippen molar-refractivity contribution in [3.63, 3.8) is 0 Å². The Kier molecular flexibility index (Phi) is 5.76. The maximum Gasteiger partial charge on any atom is 0.225 e. The molecular formula is C21H26N2O3. The molecule has 0 spiro atoms. The minimum Gasteiger partial charge on any atom is -0.461 e. The highest BCUT2D eigenvalue weighted by molar-refractivity contribution is 5.80. The van der Waals surface area contributed by atoms with Crippen molar-refractivity contribution in [1.82, 2.24) is 9.80 Å². The van der Waals surface area contributed by atoms with Crippen molar-refractivity contribution >= 4 is 11.8 Å². The Hall–Kier alpha value is -2.56. The molecule has 0 aliphatic carbocycles. The molecule has 1 saturated heterocycles. The first kappa shape index (κ1) is 18.2. The molecule has 2 heterocycles. The summed E-state index contributed by atoms with van der Waals surface area (Å²) in [5.41, 5.74) is 1.04. The number of furan rings is 1. The summed E-state index contributed by atoms with van der Waals surface area (Å²) in [5, 5.41) is 0. The smallest absolute Gasteiger partial charge is 0.225 e. The summed E-state index contributed by atoms with van der Waals surface area (Å²) < 4.78 is 5.86. The van der Waals surface area contributed by atoms with Crippen LogP contribution in [0.3, 0.4) is 0 Å². The van der Waals surface area contributed by atoms with Gasteiger partial charge in [0, 0.05) is 51.5 Å². The van der Waals surface area contributed by atoms with Crippen LogP contribution in [0.25, 0.3) is 11.3 Å². The highest BCUT2D eigenvalue weighted by Gasteiger charge is 2.28. The highest BCUT2D eigenvalue weighted by atomic mass is 16.3. The summed E-state index contributed by atoms with van der Waals surface area (Å²) in [7, 11) is 3.57. The first-order chi connectivity index (χ1) is 12.5. The third kappa shape index (κ3) is 4.34. The van der Waals surface area contributed by atoms with Crippen LogP contribution in [0.1, 0.15) is 25.0 Å². The Bertz CT molecular complexity index is 744. The van der Waals surface area contributed by atoms with Gasteiger partial charge in [-0.25, -0.2) is 0 Å². The molecule has 0 N–H and O–H groups in total. The predicted octanol–water partition coefficient (Wildman–Crippen LogP) is 3.21. The van der Waals surface area contributed by atoms with E-state index in [1.165, 1.54) is 0 Å². The second kappa shape index (κ2) is 8.21. The fourth-order valence-electron chi connectivity index (χ4n) is 3.40. The average molecular weight is 354 g/mol. The zero-order valence-corrected chi connectivity index (χ0v) is 15.5. The maximum atomic E-state index is 12.4. The number of carbonyl (C=O) groups excluding carboxylic acids is 2. The van der Waals surface area contributed by atoms with Crippen molar-refractivity contribution in [1.29, 1.82) is 0 Å². The topological polar surface area (TPSA) is 53.8 Å². The summed E-state index contributed by atoms with van der Waals surface area (Å²) in [4.78, 5) is 28.0. The number of hydrogen-bond acceptors (Lipinski definition) is 3. The van der Waals surface area contributed by atoms with Gasteiger partial charge in [-0.2, -0.15) is 0 Å². The van der Waals surface area contributed by atoms with Crippen molar-refractivity contribution in [3.8, 4) is 11.3 Å². The molecule has 1 aliphatic heterocycles. The predicted molar refractivity (Wildman–Crippen MR) is 100 cm³/mol. The van der Waals surface area contributed by atoms with Gasteiger partial charge in [-0.3, -0.25) is 9.59 Å². The lowest BCUT2D eigenvalue weighted by Crippen LogP contribution is -2.42. The zero-order chi connectivity index (χ0) is 18.5. The van der Waals surface area contributed by atoms with E-state index in [-0.39, 0.29) is 17.7 Å². The minimum atomic E-state index is 0.0487. The number of hydrogen-bond donors (Lipinski definition) is 0. The second-order valence-electron chi connectivity index (χ2n) is 7.02. The van der Waals surface area contributed by atoms with E-state index in [2.05, 4.69) is 0 Å². The van der Waals surface area contributed by atoms with Gasteiger partial charge in [-0.05, 0) is 25.0 Å². The van der Waals surface area contributed by atoms with Crippen molar-refractivity contribution in [2.45, 2.75) is 25.7 Å². The number of amides is 2. The SMILES string of the molecule is CN(C)C(=O)C1CCN(C(=O)CCc2ccc(-c3ccccc3)o2)CC1. The first-order valence-electron chi connectivity index (χ1n) is 9.17. The number of aryl methyl sites for hydroxylation is 1. The van der Waals surface area contributed by atoms with Gasteiger partial charge >= 0.3 is 0 Å². The van der Waals surface area contributed by atoms with Crippen LogP contribution in [0.2, 0.25) is 0 Å². The van der Waals surface area contributed by atoms with Crippen LogP contribution in [0.4, 0.5) is 0 Å². The van der Waals surface area contributed by atoms with Gasteiger partial charge < -0.3 is 14.2 Å². The Balaban J connectivity index is 1.48. The van der Waals surface area contributed by atoms with Crippen LogP contribution in [0.5, 0.6) is 0 Å². The highest BCUT2D eigenvalue weighted by Crippen LogP contribution is 2.23. The fourth-order valence-corrected chi connectivity index (χ4v) is 3.40. The molecule has 2 amide bonds. The van der Waals surface area contributed by atoms with E-state index in [0.29, 0.717) is 25.9 Å². The monoisotopic (exact) mass is 354 g/mol. The molecule has 1 aromatic heterocycles. The zero-order valence-electron chi connectivity index (χ0n) is 15.5. The Morgan fingerprint density at radius 3 is 2.42 bits per heavy atom. The van der Waals surface area contributed by atoms with Crippen molar-refractivity contribution in [2.75, 3.05) is 27.2 Å². The van der Waals surface area contributed by atoms with Crippen LogP contribution in [-0.2, 0) is 16.0 Å². The van der Waals surface area contributed by atoms with Gasteiger partial charge in [0.05, 0.1) is 0 Å². The van der Waals surface area contributed by atoms with Gasteiger partial charge in [-0.15, -0.1) is 0 Å². The molecule has 0 radical (unpaired) electrons. The molecule has 1 aromatic carbocycles. The standard InChI is InChI=1S/C21H26N2O3/c1-22(2)21(25)17-12-14-23(15-13-17)20(24)11-9-18-8-10-19(26-18)16-6-4-3-5-7-16/h3-8,10,17H,9,11-15H2,1-2H3. The largest absolute Gasteiger partial charge is 0.461 e. The maximum absolute atomic E-state index is 12.4. The van der Waals surface area contributed by atoms with Crippen LogP contribution in [0, 0.1) is 5.92 Å². The Morgan fingerprint density at radius 1 is 1.08 bits per heavy atom. The van der Waals surface area contributed by atoms with Crippen LogP contribution in [-0.4, -0.2) is 48.8 Å². The Labute approximate surface area is 154 Å². The summed E-state index contributed by atoms with van der Waals surface area (Å²) in [5.74, 6) is 2.01. The van der Waals surface area contributed by atoms with Crippen molar-refractivity contribution in [2.24, 2.45) is 5.92 Å². The molecule has 138 valence electrons. The summed E-state index contributed by atoms with van der Waals surface area (Å²) in [6.07, 6.45) is 2.54. The van der Waals surface area contributed by atoms with Gasteiger partial charge in [-0.1, -0.05) is 30.3 Å². The lowest BCUT2D eigenvalue weighted by Gasteiger charge is -2.32. The number of piperidine rings is 1. The first-order valence-corrected chi connectivity index (χ1v) is 9.17. The molecule has 26 heavy (non-hydrogen) atoms. The summed E-state index contributed by atoms with van der Waals surface area (Å²) in [6.45, 7) is 1.33. The normalized spacial score (nSPS) is 15.1. The van der Waals surface area contributed by atoms with E-state index < -0.39 is 0 Å². The van der Waals surface area contributed by atoms with Crippen molar-refractivity contribution < 1.29 is 14.0 Å². The number of carbonyl (C=O) groups is 2. The van der Waals surface area contributed by atoms with E-state index in [9.17, 15) is 9.59 Å². The van der Waals surface area contributed by atoms with E-state index in [1.807, 2.05) is 47.4 Å². The summed E-state index contributed by atoms with van der Waals surface area (Å²) in [6, 6.07) is 13.8. The molecule has 5 nitrogen and oxygen atoms in total. The molecular weight excluding hydrogens is 328 g/mol.